The number of alkyl halides is 12. The van der Waals surface area contributed by atoms with Gasteiger partial charge in [-0.25, -0.2) is 13.1 Å². The van der Waals surface area contributed by atoms with E-state index in [-0.39, 0.29) is 36.4 Å². The van der Waals surface area contributed by atoms with Crippen LogP contribution < -0.4 is 10.0 Å². The molecule has 0 aliphatic rings. The van der Waals surface area contributed by atoms with Crippen LogP contribution in [0.2, 0.25) is 0 Å². The van der Waals surface area contributed by atoms with Gasteiger partial charge in [0.25, 0.3) is 21.8 Å². The van der Waals surface area contributed by atoms with Crippen LogP contribution >= 0.6 is 0 Å². The minimum atomic E-state index is -5.42. The third kappa shape index (κ3) is 8.17. The van der Waals surface area contributed by atoms with Crippen molar-refractivity contribution in [3.8, 4) is 0 Å². The average molecular weight is 652 g/mol. The maximum atomic E-state index is 13.1. The number of carbonyl (C=O) groups is 2. The standard InChI is InChI=1S/C24H12F12N2O4S/c25-21(26,27)13-5-14(22(28,29)30)8-17(7-13)37-19(39)11-2-1-3-12(4-11)20(40)38-43(41,42)18-9-15(23(31,32)33)6-16(10-18)24(34,35)36/h1-10H,(H,37,39)(H,38,40). The Hall–Kier alpha value is -4.29. The number of amides is 2. The topological polar surface area (TPSA) is 92.3 Å². The number of hydrogen-bond donors (Lipinski definition) is 2. The van der Waals surface area contributed by atoms with Gasteiger partial charge in [0.1, 0.15) is 0 Å². The molecule has 6 nitrogen and oxygen atoms in total. The summed E-state index contributed by atoms with van der Waals surface area (Å²) in [6.07, 6.45) is -21.3. The summed E-state index contributed by atoms with van der Waals surface area (Å²) >= 11 is 0. The second kappa shape index (κ2) is 11.1. The van der Waals surface area contributed by atoms with Crippen molar-refractivity contribution in [2.24, 2.45) is 0 Å². The van der Waals surface area contributed by atoms with Crippen molar-refractivity contribution >= 4 is 27.5 Å². The van der Waals surface area contributed by atoms with E-state index in [0.717, 1.165) is 18.2 Å². The molecule has 2 amide bonds. The fraction of sp³-hybridized carbons (Fsp3) is 0.167. The van der Waals surface area contributed by atoms with Gasteiger partial charge in [0.05, 0.1) is 27.1 Å². The Morgan fingerprint density at radius 3 is 1.30 bits per heavy atom. The molecule has 0 bridgehead atoms. The average Bonchev–Trinajstić information content (AvgIpc) is 2.86. The van der Waals surface area contributed by atoms with E-state index in [0.29, 0.717) is 6.07 Å². The molecule has 0 atom stereocenters. The molecule has 0 aliphatic heterocycles. The van der Waals surface area contributed by atoms with Crippen LogP contribution in [0.1, 0.15) is 43.0 Å². The molecule has 0 unspecified atom stereocenters. The Morgan fingerprint density at radius 1 is 0.535 bits per heavy atom. The molecule has 0 saturated carbocycles. The van der Waals surface area contributed by atoms with E-state index in [1.807, 2.05) is 0 Å². The van der Waals surface area contributed by atoms with Crippen molar-refractivity contribution in [1.82, 2.24) is 4.72 Å². The number of halogens is 12. The number of carbonyl (C=O) groups excluding carboxylic acids is 2. The molecule has 3 aromatic carbocycles. The van der Waals surface area contributed by atoms with Crippen LogP contribution in [0, 0.1) is 0 Å². The van der Waals surface area contributed by atoms with Gasteiger partial charge >= 0.3 is 24.7 Å². The Morgan fingerprint density at radius 2 is 0.907 bits per heavy atom. The van der Waals surface area contributed by atoms with Gasteiger partial charge in [-0.1, -0.05) is 6.07 Å². The van der Waals surface area contributed by atoms with Gasteiger partial charge in [0.2, 0.25) is 0 Å². The maximum absolute atomic E-state index is 13.1. The second-order valence-corrected chi connectivity index (χ2v) is 10.2. The van der Waals surface area contributed by atoms with Crippen LogP contribution in [0.4, 0.5) is 58.4 Å². The van der Waals surface area contributed by atoms with Gasteiger partial charge < -0.3 is 5.32 Å². The molecule has 0 radical (unpaired) electrons. The van der Waals surface area contributed by atoms with Crippen LogP contribution in [-0.2, 0) is 34.7 Å². The molecule has 2 N–H and O–H groups in total. The number of sulfonamides is 1. The fourth-order valence-electron chi connectivity index (χ4n) is 3.35. The highest BCUT2D eigenvalue weighted by Crippen LogP contribution is 2.39. The summed E-state index contributed by atoms with van der Waals surface area (Å²) in [5, 5.41) is 1.76. The highest BCUT2D eigenvalue weighted by Gasteiger charge is 2.39. The number of rotatable bonds is 5. The van der Waals surface area contributed by atoms with Gasteiger partial charge in [0.15, 0.2) is 0 Å². The predicted molar refractivity (Wildman–Crippen MR) is 122 cm³/mol. The lowest BCUT2D eigenvalue weighted by molar-refractivity contribution is -0.144. The lowest BCUT2D eigenvalue weighted by atomic mass is 10.1. The number of anilines is 1. The van der Waals surface area contributed by atoms with Crippen molar-refractivity contribution in [2.75, 3.05) is 5.32 Å². The highest BCUT2D eigenvalue weighted by atomic mass is 32.2. The number of hydrogen-bond acceptors (Lipinski definition) is 4. The molecule has 0 fully saturated rings. The summed E-state index contributed by atoms with van der Waals surface area (Å²) in [5.41, 5.74) is -9.85. The minimum Gasteiger partial charge on any atom is -0.322 e. The molecule has 232 valence electrons. The Balaban J connectivity index is 1.91. The van der Waals surface area contributed by atoms with Crippen LogP contribution in [0.25, 0.3) is 0 Å². The zero-order valence-corrected chi connectivity index (χ0v) is 21.2. The van der Waals surface area contributed by atoms with E-state index in [9.17, 15) is 70.7 Å². The molecule has 0 aliphatic carbocycles. The summed E-state index contributed by atoms with van der Waals surface area (Å²) in [7, 11) is -5.41. The molecule has 19 heteroatoms. The van der Waals surface area contributed by atoms with Gasteiger partial charge in [-0.15, -0.1) is 0 Å². The van der Waals surface area contributed by atoms with E-state index in [1.54, 1.807) is 5.32 Å². The monoisotopic (exact) mass is 652 g/mol. The third-order valence-corrected chi connectivity index (χ3v) is 6.64. The zero-order chi connectivity index (χ0) is 32.8. The van der Waals surface area contributed by atoms with Gasteiger partial charge in [-0.2, -0.15) is 52.7 Å². The number of benzene rings is 3. The largest absolute Gasteiger partial charge is 0.416 e. The first-order valence-electron chi connectivity index (χ1n) is 11.0. The van der Waals surface area contributed by atoms with Crippen LogP contribution in [0.3, 0.4) is 0 Å². The fourth-order valence-corrected chi connectivity index (χ4v) is 4.40. The first-order chi connectivity index (χ1) is 19.4. The van der Waals surface area contributed by atoms with Gasteiger partial charge in [-0.05, 0) is 54.6 Å². The quantitative estimate of drug-likeness (QED) is 0.287. The van der Waals surface area contributed by atoms with Gasteiger partial charge in [-0.3, -0.25) is 9.59 Å². The molecule has 0 saturated heterocycles. The Kier molecular flexibility index (Phi) is 8.56. The van der Waals surface area contributed by atoms with E-state index < -0.39 is 90.5 Å². The summed E-state index contributed by atoms with van der Waals surface area (Å²) in [6.45, 7) is 0. The van der Waals surface area contributed by atoms with Crippen LogP contribution in [0.15, 0.2) is 65.6 Å². The van der Waals surface area contributed by atoms with Crippen molar-refractivity contribution < 1.29 is 70.7 Å². The first-order valence-corrected chi connectivity index (χ1v) is 12.4. The Bertz CT molecular complexity index is 1610. The molecule has 3 aromatic rings. The molecular weight excluding hydrogens is 640 g/mol. The third-order valence-electron chi connectivity index (χ3n) is 5.33. The van der Waals surface area contributed by atoms with Crippen LogP contribution in [0.5, 0.6) is 0 Å². The highest BCUT2D eigenvalue weighted by molar-refractivity contribution is 7.90. The maximum Gasteiger partial charge on any atom is 0.416 e. The van der Waals surface area contributed by atoms with E-state index in [1.165, 1.54) is 4.72 Å². The van der Waals surface area contributed by atoms with Crippen molar-refractivity contribution in [2.45, 2.75) is 29.6 Å². The van der Waals surface area contributed by atoms with E-state index in [4.69, 9.17) is 0 Å². The second-order valence-electron chi connectivity index (χ2n) is 8.51. The van der Waals surface area contributed by atoms with Crippen molar-refractivity contribution in [3.05, 3.63) is 94.0 Å². The Labute approximate surface area is 232 Å². The van der Waals surface area contributed by atoms with E-state index >= 15 is 0 Å². The van der Waals surface area contributed by atoms with E-state index in [2.05, 4.69) is 0 Å². The molecule has 0 spiro atoms. The lowest BCUT2D eigenvalue weighted by Crippen LogP contribution is -2.31. The summed E-state index contributed by atoms with van der Waals surface area (Å²) in [6, 6.07) is 2.72. The molecule has 3 rings (SSSR count). The molecule has 0 heterocycles. The lowest BCUT2D eigenvalue weighted by Gasteiger charge is -2.15. The van der Waals surface area contributed by atoms with Crippen molar-refractivity contribution in [1.29, 1.82) is 0 Å². The van der Waals surface area contributed by atoms with Crippen molar-refractivity contribution in [3.63, 3.8) is 0 Å². The summed E-state index contributed by atoms with van der Waals surface area (Å²) in [5.74, 6) is -3.04. The summed E-state index contributed by atoms with van der Waals surface area (Å²) < 4.78 is 183. The normalized spacial score (nSPS) is 13.0. The first kappa shape index (κ1) is 33.2. The molecule has 43 heavy (non-hydrogen) atoms. The minimum absolute atomic E-state index is 0.168. The zero-order valence-electron chi connectivity index (χ0n) is 20.4. The van der Waals surface area contributed by atoms with Crippen LogP contribution in [-0.4, -0.2) is 20.2 Å². The molecule has 0 aromatic heterocycles. The number of nitrogens with one attached hydrogen (secondary N) is 2. The SMILES string of the molecule is O=C(Nc1cc(C(F)(F)F)cc(C(F)(F)F)c1)c1cccc(C(=O)NS(=O)(=O)c2cc(C(F)(F)F)cc(C(F)(F)F)c2)c1. The predicted octanol–water partition coefficient (Wildman–Crippen LogP) is 7.13. The van der Waals surface area contributed by atoms with Gasteiger partial charge in [0, 0.05) is 16.8 Å². The summed E-state index contributed by atoms with van der Waals surface area (Å²) in [4.78, 5) is 23.5. The smallest absolute Gasteiger partial charge is 0.322 e. The molecular formula is C24H12F12N2O4S.